The molecule has 0 spiro atoms. The molecule has 1 heterocycles. The van der Waals surface area contributed by atoms with E-state index in [1.165, 1.54) is 0 Å². The summed E-state index contributed by atoms with van der Waals surface area (Å²) < 4.78 is 11.1. The fraction of sp³-hybridized carbons (Fsp3) is 1.00. The summed E-state index contributed by atoms with van der Waals surface area (Å²) in [5, 5.41) is 3.60. The summed E-state index contributed by atoms with van der Waals surface area (Å²) in [5.41, 5.74) is 0. The van der Waals surface area contributed by atoms with Gasteiger partial charge in [0.25, 0.3) is 0 Å². The Morgan fingerprint density at radius 1 is 1.56 bits per heavy atom. The third-order valence-corrected chi connectivity index (χ3v) is 3.73. The highest BCUT2D eigenvalue weighted by Gasteiger charge is 2.22. The molecule has 1 aliphatic heterocycles. The molecule has 0 radical (unpaired) electrons. The maximum absolute atomic E-state index is 11.1. The van der Waals surface area contributed by atoms with E-state index in [2.05, 4.69) is 12.2 Å². The Morgan fingerprint density at radius 3 is 2.67 bits per heavy atom. The van der Waals surface area contributed by atoms with Crippen LogP contribution < -0.4 is 5.32 Å². The molecule has 1 saturated heterocycles. The van der Waals surface area contributed by atoms with Gasteiger partial charge in [0.15, 0.2) is 0 Å². The average Bonchev–Trinajstić information content (AvgIpc) is 1.83. The predicted molar refractivity (Wildman–Crippen MR) is 39.9 cm³/mol. The van der Waals surface area contributed by atoms with Gasteiger partial charge in [-0.2, -0.15) is 0 Å². The number of rotatable bonds is 0. The first-order valence-corrected chi connectivity index (χ1v) is 4.70. The molecule has 0 amide bonds. The predicted octanol–water partition coefficient (Wildman–Crippen LogP) is 0.115. The van der Waals surface area contributed by atoms with E-state index in [4.69, 9.17) is 0 Å². The van der Waals surface area contributed by atoms with Crippen molar-refractivity contribution in [3.63, 3.8) is 0 Å². The van der Waals surface area contributed by atoms with Gasteiger partial charge < -0.3 is 5.32 Å². The van der Waals surface area contributed by atoms with Crippen molar-refractivity contribution >= 4 is 10.8 Å². The fourth-order valence-corrected chi connectivity index (χ4v) is 2.21. The molecule has 0 bridgehead atoms. The van der Waals surface area contributed by atoms with Gasteiger partial charge in [-0.15, -0.1) is 0 Å². The van der Waals surface area contributed by atoms with Crippen LogP contribution in [0, 0.1) is 0 Å². The van der Waals surface area contributed by atoms with Crippen LogP contribution in [0.25, 0.3) is 0 Å². The minimum Gasteiger partial charge on any atom is -0.312 e. The first-order valence-electron chi connectivity index (χ1n) is 3.32. The van der Waals surface area contributed by atoms with Crippen molar-refractivity contribution in [1.29, 1.82) is 0 Å². The first-order chi connectivity index (χ1) is 4.22. The molecule has 1 fully saturated rings. The average molecular weight is 147 g/mol. The van der Waals surface area contributed by atoms with Gasteiger partial charge in [-0.05, 0) is 13.8 Å². The molecular formula is C6H13NOS. The van der Waals surface area contributed by atoms with Crippen molar-refractivity contribution in [2.45, 2.75) is 25.1 Å². The van der Waals surface area contributed by atoms with Crippen molar-refractivity contribution in [1.82, 2.24) is 5.32 Å². The Kier molecular flexibility index (Phi) is 2.24. The van der Waals surface area contributed by atoms with Gasteiger partial charge in [-0.3, -0.25) is 4.21 Å². The summed E-state index contributed by atoms with van der Waals surface area (Å²) in [4.78, 5) is 0. The largest absolute Gasteiger partial charge is 0.312 e. The standard InChI is InChI=1S/C6H13NOS/c1-5-6(2)9(8)4-3-7-5/h5-7H,3-4H2,1-2H3/t5-,6-,9-/m0/s1. The van der Waals surface area contributed by atoms with Crippen LogP contribution in [0.2, 0.25) is 0 Å². The SMILES string of the molecule is C[C@@H]1NCC[S@](=O)[C@H]1C. The van der Waals surface area contributed by atoms with Crippen LogP contribution >= 0.6 is 0 Å². The summed E-state index contributed by atoms with van der Waals surface area (Å²) in [6.07, 6.45) is 0. The molecule has 1 aliphatic rings. The van der Waals surface area contributed by atoms with Crippen LogP contribution in [0.5, 0.6) is 0 Å². The Morgan fingerprint density at radius 2 is 2.22 bits per heavy atom. The molecule has 54 valence electrons. The summed E-state index contributed by atoms with van der Waals surface area (Å²) in [6, 6.07) is 0.430. The van der Waals surface area contributed by atoms with Gasteiger partial charge in [-0.25, -0.2) is 0 Å². The van der Waals surface area contributed by atoms with Crippen molar-refractivity contribution in [2.75, 3.05) is 12.3 Å². The molecule has 0 aromatic carbocycles. The monoisotopic (exact) mass is 147 g/mol. The lowest BCUT2D eigenvalue weighted by molar-refractivity contribution is 0.528. The normalized spacial score (nSPS) is 44.9. The second kappa shape index (κ2) is 2.80. The lowest BCUT2D eigenvalue weighted by Gasteiger charge is -2.25. The number of hydrogen-bond acceptors (Lipinski definition) is 2. The summed E-state index contributed by atoms with van der Waals surface area (Å²) in [7, 11) is -0.578. The number of nitrogens with one attached hydrogen (secondary N) is 1. The van der Waals surface area contributed by atoms with Crippen LogP contribution in [-0.2, 0) is 10.8 Å². The third-order valence-electron chi connectivity index (χ3n) is 1.89. The minimum absolute atomic E-state index is 0.332. The van der Waals surface area contributed by atoms with Crippen LogP contribution in [0.15, 0.2) is 0 Å². The molecule has 9 heavy (non-hydrogen) atoms. The Balaban J connectivity index is 2.51. The molecule has 1 N–H and O–H groups in total. The zero-order valence-electron chi connectivity index (χ0n) is 5.89. The lowest BCUT2D eigenvalue weighted by Crippen LogP contribution is -2.46. The topological polar surface area (TPSA) is 29.1 Å². The summed E-state index contributed by atoms with van der Waals surface area (Å²) >= 11 is 0. The second-order valence-electron chi connectivity index (χ2n) is 2.53. The van der Waals surface area contributed by atoms with Crippen molar-refractivity contribution in [2.24, 2.45) is 0 Å². The van der Waals surface area contributed by atoms with Gasteiger partial charge in [0.1, 0.15) is 0 Å². The Hall–Kier alpha value is 0.110. The van der Waals surface area contributed by atoms with E-state index in [9.17, 15) is 4.21 Å². The van der Waals surface area contributed by atoms with E-state index in [1.807, 2.05) is 6.92 Å². The number of hydrogen-bond donors (Lipinski definition) is 1. The van der Waals surface area contributed by atoms with Gasteiger partial charge in [0.2, 0.25) is 0 Å². The quantitative estimate of drug-likeness (QED) is 0.527. The molecule has 0 aromatic rings. The maximum atomic E-state index is 11.1. The molecular weight excluding hydrogens is 134 g/mol. The smallest absolute Gasteiger partial charge is 0.0470 e. The van der Waals surface area contributed by atoms with Crippen molar-refractivity contribution in [3.05, 3.63) is 0 Å². The van der Waals surface area contributed by atoms with E-state index in [0.29, 0.717) is 11.3 Å². The maximum Gasteiger partial charge on any atom is 0.0470 e. The van der Waals surface area contributed by atoms with Gasteiger partial charge in [0, 0.05) is 34.4 Å². The molecule has 2 nitrogen and oxygen atoms in total. The molecule has 3 atom stereocenters. The molecule has 0 aliphatic carbocycles. The zero-order valence-corrected chi connectivity index (χ0v) is 6.70. The highest BCUT2D eigenvalue weighted by Crippen LogP contribution is 2.05. The van der Waals surface area contributed by atoms with Crippen molar-refractivity contribution < 1.29 is 4.21 Å². The Bertz CT molecular complexity index is 126. The minimum atomic E-state index is -0.578. The fourth-order valence-electron chi connectivity index (χ4n) is 0.967. The van der Waals surface area contributed by atoms with E-state index in [0.717, 1.165) is 12.3 Å². The third kappa shape index (κ3) is 1.52. The van der Waals surface area contributed by atoms with E-state index in [-0.39, 0.29) is 0 Å². The Labute approximate surface area is 58.5 Å². The van der Waals surface area contributed by atoms with Gasteiger partial charge in [-0.1, -0.05) is 0 Å². The van der Waals surface area contributed by atoms with Crippen molar-refractivity contribution in [3.8, 4) is 0 Å². The van der Waals surface area contributed by atoms with E-state index in [1.54, 1.807) is 0 Å². The molecule has 3 heteroatoms. The van der Waals surface area contributed by atoms with Crippen LogP contribution in [0.4, 0.5) is 0 Å². The molecule has 0 unspecified atom stereocenters. The van der Waals surface area contributed by atoms with E-state index < -0.39 is 10.8 Å². The van der Waals surface area contributed by atoms with Crippen LogP contribution in [0.1, 0.15) is 13.8 Å². The highest BCUT2D eigenvalue weighted by atomic mass is 32.2. The lowest BCUT2D eigenvalue weighted by atomic mass is 10.2. The molecule has 1 rings (SSSR count). The zero-order chi connectivity index (χ0) is 6.85. The summed E-state index contributed by atoms with van der Waals surface area (Å²) in [5.74, 6) is 0.825. The van der Waals surface area contributed by atoms with Gasteiger partial charge >= 0.3 is 0 Å². The van der Waals surface area contributed by atoms with E-state index >= 15 is 0 Å². The summed E-state index contributed by atoms with van der Waals surface area (Å²) in [6.45, 7) is 5.03. The highest BCUT2D eigenvalue weighted by molar-refractivity contribution is 7.85. The second-order valence-corrected chi connectivity index (χ2v) is 4.45. The van der Waals surface area contributed by atoms with Gasteiger partial charge in [0.05, 0.1) is 0 Å². The van der Waals surface area contributed by atoms with Crippen LogP contribution in [0.3, 0.4) is 0 Å². The molecule has 0 aromatic heterocycles. The molecule has 0 saturated carbocycles. The van der Waals surface area contributed by atoms with Crippen LogP contribution in [-0.4, -0.2) is 27.8 Å². The first kappa shape index (κ1) is 7.22.